The van der Waals surface area contributed by atoms with Crippen LogP contribution < -0.4 is 10.1 Å². The summed E-state index contributed by atoms with van der Waals surface area (Å²) < 4.78 is 11.0. The fourth-order valence-corrected chi connectivity index (χ4v) is 3.66. The molecule has 3 aliphatic rings. The minimum Gasteiger partial charge on any atom is -0.497 e. The highest BCUT2D eigenvalue weighted by atomic mass is 16.5. The van der Waals surface area contributed by atoms with Crippen LogP contribution in [0.4, 0.5) is 0 Å². The molecule has 1 aromatic rings. The maximum Gasteiger partial charge on any atom is 0.227 e. The monoisotopic (exact) mass is 287 g/mol. The molecule has 2 atom stereocenters. The highest BCUT2D eigenvalue weighted by molar-refractivity contribution is 5.90. The van der Waals surface area contributed by atoms with Crippen LogP contribution in [0.25, 0.3) is 0 Å². The van der Waals surface area contributed by atoms with Crippen molar-refractivity contribution >= 4 is 5.91 Å². The quantitative estimate of drug-likeness (QED) is 0.923. The number of rotatable bonds is 4. The van der Waals surface area contributed by atoms with E-state index < -0.39 is 0 Å². The minimum atomic E-state index is -0.0578. The highest BCUT2D eigenvalue weighted by Crippen LogP contribution is 2.75. The number of amides is 1. The van der Waals surface area contributed by atoms with Crippen LogP contribution in [0.3, 0.4) is 0 Å². The van der Waals surface area contributed by atoms with E-state index in [1.165, 1.54) is 5.56 Å². The summed E-state index contributed by atoms with van der Waals surface area (Å²) >= 11 is 0. The van der Waals surface area contributed by atoms with Crippen LogP contribution in [0, 0.1) is 11.3 Å². The van der Waals surface area contributed by atoms with Crippen molar-refractivity contribution in [3.8, 4) is 5.75 Å². The lowest BCUT2D eigenvalue weighted by molar-refractivity contribution is -0.126. The molecule has 3 aliphatic carbocycles. The van der Waals surface area contributed by atoms with E-state index >= 15 is 0 Å². The summed E-state index contributed by atoms with van der Waals surface area (Å²) in [5.74, 6) is 1.71. The first-order valence-electron chi connectivity index (χ1n) is 7.68. The number of carbonyl (C=O) groups is 1. The number of hydrogen-bond donors (Lipinski definition) is 1. The van der Waals surface area contributed by atoms with Crippen LogP contribution in [0.1, 0.15) is 36.4 Å². The van der Waals surface area contributed by atoms with Crippen molar-refractivity contribution in [2.75, 3.05) is 14.2 Å². The molecular weight excluding hydrogens is 266 g/mol. The van der Waals surface area contributed by atoms with Crippen LogP contribution >= 0.6 is 0 Å². The first-order valence-corrected chi connectivity index (χ1v) is 7.68. The van der Waals surface area contributed by atoms with E-state index in [1.807, 2.05) is 12.1 Å². The molecule has 112 valence electrons. The number of carbonyl (C=O) groups excluding carboxylic acids is 1. The molecule has 4 heteroatoms. The van der Waals surface area contributed by atoms with Gasteiger partial charge >= 0.3 is 0 Å². The lowest BCUT2D eigenvalue weighted by atomic mass is 9.85. The number of methoxy groups -OCH3 is 2. The van der Waals surface area contributed by atoms with Crippen LogP contribution in [-0.4, -0.2) is 26.2 Å². The Bertz CT molecular complexity index is 592. The highest BCUT2D eigenvalue weighted by Gasteiger charge is 2.74. The van der Waals surface area contributed by atoms with Gasteiger partial charge in [-0.3, -0.25) is 4.79 Å². The second-order valence-electron chi connectivity index (χ2n) is 6.59. The summed E-state index contributed by atoms with van der Waals surface area (Å²) in [6.45, 7) is 0. The van der Waals surface area contributed by atoms with E-state index in [1.54, 1.807) is 14.2 Å². The van der Waals surface area contributed by atoms with Gasteiger partial charge in [-0.1, -0.05) is 6.07 Å². The number of fused-ring (bicyclic) bond motifs is 2. The Kier molecular flexibility index (Phi) is 2.80. The molecule has 4 nitrogen and oxygen atoms in total. The van der Waals surface area contributed by atoms with Crippen molar-refractivity contribution < 1.29 is 14.3 Å². The predicted molar refractivity (Wildman–Crippen MR) is 78.2 cm³/mol. The summed E-state index contributed by atoms with van der Waals surface area (Å²) in [7, 11) is 3.40. The predicted octanol–water partition coefficient (Wildman–Crippen LogP) is 2.22. The molecule has 0 aromatic heterocycles. The Morgan fingerprint density at radius 2 is 2.10 bits per heavy atom. The van der Waals surface area contributed by atoms with Crippen LogP contribution in [0.5, 0.6) is 5.75 Å². The zero-order chi connectivity index (χ0) is 14.6. The molecule has 2 unspecified atom stereocenters. The van der Waals surface area contributed by atoms with Gasteiger partial charge in [-0.15, -0.1) is 0 Å². The molecule has 2 saturated carbocycles. The third kappa shape index (κ3) is 1.96. The summed E-state index contributed by atoms with van der Waals surface area (Å²) in [6, 6.07) is 6.08. The molecule has 0 aliphatic heterocycles. The Morgan fingerprint density at radius 3 is 2.71 bits per heavy atom. The van der Waals surface area contributed by atoms with Crippen LogP contribution in [0.2, 0.25) is 0 Å². The average molecular weight is 287 g/mol. The van der Waals surface area contributed by atoms with E-state index in [2.05, 4.69) is 11.4 Å². The van der Waals surface area contributed by atoms with Crippen molar-refractivity contribution in [2.24, 2.45) is 11.3 Å². The summed E-state index contributed by atoms with van der Waals surface area (Å²) in [5.41, 5.74) is 2.43. The Labute approximate surface area is 124 Å². The molecule has 21 heavy (non-hydrogen) atoms. The standard InChI is InChI=1S/C17H21NO3/c1-20-12-5-3-10-4-6-14(21-2)15(13(10)7-12)18-16(19)17-8-11(17)9-17/h3,5,7,11,14-15H,4,6,8-9H2,1-2H3,(H,18,19). The zero-order valence-electron chi connectivity index (χ0n) is 12.5. The summed E-state index contributed by atoms with van der Waals surface area (Å²) in [4.78, 5) is 12.5. The van der Waals surface area contributed by atoms with Crippen molar-refractivity contribution in [1.82, 2.24) is 5.32 Å². The Hall–Kier alpha value is -1.55. The molecular formula is C17H21NO3. The molecule has 0 bridgehead atoms. The van der Waals surface area contributed by atoms with E-state index in [0.29, 0.717) is 5.92 Å². The Morgan fingerprint density at radius 1 is 1.33 bits per heavy atom. The molecule has 0 heterocycles. The summed E-state index contributed by atoms with van der Waals surface area (Å²) in [5, 5.41) is 3.25. The topological polar surface area (TPSA) is 47.6 Å². The molecule has 0 saturated heterocycles. The van der Waals surface area contributed by atoms with Gasteiger partial charge in [-0.25, -0.2) is 0 Å². The molecule has 4 rings (SSSR count). The number of nitrogens with one attached hydrogen (secondary N) is 1. The van der Waals surface area contributed by atoms with Crippen LogP contribution in [0.15, 0.2) is 18.2 Å². The van der Waals surface area contributed by atoms with Gasteiger partial charge in [0, 0.05) is 7.11 Å². The lowest BCUT2D eigenvalue weighted by Gasteiger charge is -2.34. The van der Waals surface area contributed by atoms with Crippen molar-refractivity contribution in [2.45, 2.75) is 37.8 Å². The molecule has 1 N–H and O–H groups in total. The van der Waals surface area contributed by atoms with Crippen molar-refractivity contribution in [1.29, 1.82) is 0 Å². The maximum absolute atomic E-state index is 12.5. The van der Waals surface area contributed by atoms with Gasteiger partial charge in [0.25, 0.3) is 0 Å². The zero-order valence-corrected chi connectivity index (χ0v) is 12.5. The largest absolute Gasteiger partial charge is 0.497 e. The normalized spacial score (nSPS) is 35.4. The number of ether oxygens (including phenoxy) is 2. The van der Waals surface area contributed by atoms with E-state index in [-0.39, 0.29) is 23.5 Å². The van der Waals surface area contributed by atoms with E-state index in [0.717, 1.165) is 37.0 Å². The van der Waals surface area contributed by atoms with Gasteiger partial charge in [0.1, 0.15) is 5.75 Å². The molecule has 0 spiro atoms. The van der Waals surface area contributed by atoms with E-state index in [9.17, 15) is 4.79 Å². The van der Waals surface area contributed by atoms with Crippen molar-refractivity contribution in [3.63, 3.8) is 0 Å². The SMILES string of the molecule is COc1ccc2c(c1)C(NC(=O)C13CC1C3)C(OC)CC2. The number of benzene rings is 1. The number of hydrogen-bond acceptors (Lipinski definition) is 3. The first kappa shape index (κ1) is 13.1. The molecule has 0 radical (unpaired) electrons. The fourth-order valence-electron chi connectivity index (χ4n) is 3.66. The maximum atomic E-state index is 12.5. The van der Waals surface area contributed by atoms with Crippen LogP contribution in [-0.2, 0) is 16.0 Å². The Balaban J connectivity index is 1.64. The minimum absolute atomic E-state index is 0.00519. The van der Waals surface area contributed by atoms with Gasteiger partial charge in [-0.05, 0) is 54.9 Å². The molecule has 2 fully saturated rings. The lowest BCUT2D eigenvalue weighted by Crippen LogP contribution is -2.41. The fraction of sp³-hybridized carbons (Fsp3) is 0.588. The van der Waals surface area contributed by atoms with Gasteiger partial charge in [0.05, 0.1) is 24.7 Å². The van der Waals surface area contributed by atoms with Gasteiger partial charge in [0.15, 0.2) is 0 Å². The first-order chi connectivity index (χ1) is 10.2. The van der Waals surface area contributed by atoms with Gasteiger partial charge in [0.2, 0.25) is 5.91 Å². The third-order valence-corrected chi connectivity index (χ3v) is 5.48. The van der Waals surface area contributed by atoms with Crippen molar-refractivity contribution in [3.05, 3.63) is 29.3 Å². The molecule has 1 amide bonds. The van der Waals surface area contributed by atoms with Gasteiger partial charge in [-0.2, -0.15) is 0 Å². The van der Waals surface area contributed by atoms with E-state index in [4.69, 9.17) is 9.47 Å². The van der Waals surface area contributed by atoms with Gasteiger partial charge < -0.3 is 14.8 Å². The average Bonchev–Trinajstić information content (AvgIpc) is 3.36. The third-order valence-electron chi connectivity index (χ3n) is 5.48. The second-order valence-corrected chi connectivity index (χ2v) is 6.59. The second kappa shape index (κ2) is 4.47. The molecule has 1 aromatic carbocycles. The smallest absolute Gasteiger partial charge is 0.227 e. The number of aryl methyl sites for hydroxylation is 1. The summed E-state index contributed by atoms with van der Waals surface area (Å²) in [6.07, 6.45) is 4.12.